The minimum atomic E-state index is -3.48. The van der Waals surface area contributed by atoms with Gasteiger partial charge in [0.25, 0.3) is 0 Å². The molecule has 2 fully saturated rings. The Morgan fingerprint density at radius 3 is 1.79 bits per heavy atom. The van der Waals surface area contributed by atoms with Gasteiger partial charge in [0.2, 0.25) is 0 Å². The number of halogens is 6. The van der Waals surface area contributed by atoms with E-state index < -0.39 is 35.3 Å². The molecule has 0 saturated heterocycles. The topological polar surface area (TPSA) is 9.23 Å². The number of alkyl halides is 2. The number of rotatable bonds is 6. The molecular weight excluding hydrogens is 514 g/mol. The maximum Gasteiger partial charge on any atom is 0.400 e. The van der Waals surface area contributed by atoms with Crippen LogP contribution in [-0.2, 0) is 0 Å². The summed E-state index contributed by atoms with van der Waals surface area (Å²) in [5, 5.41) is 0. The zero-order valence-corrected chi connectivity index (χ0v) is 21.8. The van der Waals surface area contributed by atoms with Crippen LogP contribution >= 0.6 is 0 Å². The molecule has 0 aliphatic heterocycles. The van der Waals surface area contributed by atoms with Gasteiger partial charge in [0.15, 0.2) is 17.5 Å². The van der Waals surface area contributed by atoms with Gasteiger partial charge in [-0.3, -0.25) is 0 Å². The van der Waals surface area contributed by atoms with E-state index in [2.05, 4.69) is 31.2 Å². The third-order valence-electron chi connectivity index (χ3n) is 8.72. The van der Waals surface area contributed by atoms with Gasteiger partial charge < -0.3 is 4.74 Å². The van der Waals surface area contributed by atoms with Gasteiger partial charge in [0.05, 0.1) is 5.92 Å². The third kappa shape index (κ3) is 6.12. The molecule has 0 unspecified atom stereocenters. The van der Waals surface area contributed by atoms with Crippen LogP contribution in [0.25, 0.3) is 11.1 Å². The van der Waals surface area contributed by atoms with Gasteiger partial charge in [-0.05, 0) is 111 Å². The summed E-state index contributed by atoms with van der Waals surface area (Å²) in [5.74, 6) is -5.38. The number of benzene rings is 3. The molecule has 2 aliphatic carbocycles. The lowest BCUT2D eigenvalue weighted by Crippen LogP contribution is -2.38. The first-order valence-electron chi connectivity index (χ1n) is 13.7. The zero-order chi connectivity index (χ0) is 27.7. The first kappa shape index (κ1) is 27.6. The monoisotopic (exact) mass is 546 g/mol. The van der Waals surface area contributed by atoms with Gasteiger partial charge in [-0.15, -0.1) is 0 Å². The lowest BCUT2D eigenvalue weighted by molar-refractivity contribution is -0.224. The minimum Gasteiger partial charge on any atom is -0.432 e. The highest BCUT2D eigenvalue weighted by Gasteiger charge is 2.45. The zero-order valence-electron chi connectivity index (χ0n) is 21.8. The van der Waals surface area contributed by atoms with Crippen LogP contribution in [0, 0.1) is 47.9 Å². The van der Waals surface area contributed by atoms with Gasteiger partial charge >= 0.3 is 6.11 Å². The second-order valence-electron chi connectivity index (χ2n) is 11.2. The summed E-state index contributed by atoms with van der Waals surface area (Å²) in [6.07, 6.45) is 3.14. The summed E-state index contributed by atoms with van der Waals surface area (Å²) in [7, 11) is 0. The summed E-state index contributed by atoms with van der Waals surface area (Å²) in [4.78, 5) is 0. The van der Waals surface area contributed by atoms with Crippen molar-refractivity contribution in [3.8, 4) is 16.9 Å². The molecule has 39 heavy (non-hydrogen) atoms. The standard InChI is InChI=1S/C32H32F6O/c1-19-2-4-20(5-3-19)21-6-8-22(9-7-21)23-10-12-25(13-11-23)32(37,38)39-26-14-15-27(28(33)18-26)24-16-29(34)31(36)30(35)17-24/h2-5,14-18,21-23,25H,6-13H2,1H3. The molecule has 0 amide bonds. The van der Waals surface area contributed by atoms with E-state index in [9.17, 15) is 17.6 Å². The summed E-state index contributed by atoms with van der Waals surface area (Å²) < 4.78 is 90.0. The third-order valence-corrected chi connectivity index (χ3v) is 8.72. The van der Waals surface area contributed by atoms with Gasteiger partial charge in [-0.1, -0.05) is 29.8 Å². The molecule has 0 spiro atoms. The Labute approximate surface area is 225 Å². The summed E-state index contributed by atoms with van der Waals surface area (Å²) in [6.45, 7) is 2.09. The molecule has 3 aromatic rings. The number of aryl methyl sites for hydroxylation is 1. The molecule has 0 bridgehead atoms. The predicted molar refractivity (Wildman–Crippen MR) is 139 cm³/mol. The van der Waals surface area contributed by atoms with Crippen molar-refractivity contribution in [1.82, 2.24) is 0 Å². The van der Waals surface area contributed by atoms with Crippen molar-refractivity contribution in [2.45, 2.75) is 70.3 Å². The highest BCUT2D eigenvalue weighted by Crippen LogP contribution is 2.47. The lowest BCUT2D eigenvalue weighted by atomic mass is 9.68. The van der Waals surface area contributed by atoms with Crippen LogP contribution in [0.15, 0.2) is 54.6 Å². The van der Waals surface area contributed by atoms with Crippen molar-refractivity contribution in [2.75, 3.05) is 0 Å². The Kier molecular flexibility index (Phi) is 7.97. The fourth-order valence-corrected chi connectivity index (χ4v) is 6.43. The van der Waals surface area contributed by atoms with Gasteiger partial charge in [-0.25, -0.2) is 17.6 Å². The quantitative estimate of drug-likeness (QED) is 0.221. The summed E-state index contributed by atoms with van der Waals surface area (Å²) in [6, 6.07) is 13.0. The molecule has 2 saturated carbocycles. The van der Waals surface area contributed by atoms with Crippen molar-refractivity contribution in [3.63, 3.8) is 0 Å². The largest absolute Gasteiger partial charge is 0.432 e. The van der Waals surface area contributed by atoms with E-state index in [1.807, 2.05) is 0 Å². The molecule has 0 radical (unpaired) electrons. The predicted octanol–water partition coefficient (Wildman–Crippen LogP) is 9.97. The molecule has 0 heterocycles. The Balaban J connectivity index is 1.15. The van der Waals surface area contributed by atoms with Crippen LogP contribution in [0.4, 0.5) is 26.3 Å². The van der Waals surface area contributed by atoms with E-state index in [1.54, 1.807) is 0 Å². The molecule has 0 N–H and O–H groups in total. The Morgan fingerprint density at radius 1 is 0.667 bits per heavy atom. The molecule has 5 rings (SSSR count). The number of hydrogen-bond acceptors (Lipinski definition) is 1. The van der Waals surface area contributed by atoms with E-state index in [4.69, 9.17) is 4.74 Å². The van der Waals surface area contributed by atoms with Crippen LogP contribution in [0.3, 0.4) is 0 Å². The van der Waals surface area contributed by atoms with Crippen LogP contribution in [0.2, 0.25) is 0 Å². The van der Waals surface area contributed by atoms with E-state index in [0.717, 1.165) is 56.7 Å². The smallest absolute Gasteiger partial charge is 0.400 e. The van der Waals surface area contributed by atoms with Crippen molar-refractivity contribution < 1.29 is 31.1 Å². The van der Waals surface area contributed by atoms with Gasteiger partial charge in [0.1, 0.15) is 11.6 Å². The fraction of sp³-hybridized carbons (Fsp3) is 0.438. The molecule has 7 heteroatoms. The minimum absolute atomic E-state index is 0.242. The van der Waals surface area contributed by atoms with Crippen molar-refractivity contribution in [2.24, 2.45) is 17.8 Å². The molecule has 2 aliphatic rings. The van der Waals surface area contributed by atoms with Crippen molar-refractivity contribution in [3.05, 3.63) is 89.0 Å². The number of hydrogen-bond donors (Lipinski definition) is 0. The Hall–Kier alpha value is -2.96. The van der Waals surface area contributed by atoms with E-state index in [1.165, 1.54) is 11.1 Å². The fourth-order valence-electron chi connectivity index (χ4n) is 6.43. The Morgan fingerprint density at radius 2 is 1.23 bits per heavy atom. The average Bonchev–Trinajstić information content (AvgIpc) is 2.92. The van der Waals surface area contributed by atoms with Crippen molar-refractivity contribution >= 4 is 0 Å². The highest BCUT2D eigenvalue weighted by atomic mass is 19.3. The normalized spacial score (nSPS) is 24.0. The van der Waals surface area contributed by atoms with Crippen LogP contribution in [-0.4, -0.2) is 6.11 Å². The number of ether oxygens (including phenoxy) is 1. The van der Waals surface area contributed by atoms with Crippen LogP contribution in [0.1, 0.15) is 68.4 Å². The molecule has 208 valence electrons. The summed E-state index contributed by atoms with van der Waals surface area (Å²) in [5.41, 5.74) is 2.15. The van der Waals surface area contributed by atoms with E-state index >= 15 is 8.78 Å². The Bertz CT molecular complexity index is 1270. The molecule has 3 aromatic carbocycles. The molecule has 1 nitrogen and oxygen atoms in total. The molecule has 0 atom stereocenters. The molecule has 0 aromatic heterocycles. The molecular formula is C32H32F6O. The SMILES string of the molecule is Cc1ccc(C2CCC(C3CCC(C(F)(F)Oc4ccc(-c5cc(F)c(F)c(F)c5)c(F)c4)CC3)CC2)cc1. The van der Waals surface area contributed by atoms with E-state index in [-0.39, 0.29) is 16.9 Å². The highest BCUT2D eigenvalue weighted by molar-refractivity contribution is 5.65. The first-order valence-corrected chi connectivity index (χ1v) is 13.7. The maximum absolute atomic E-state index is 15.1. The second kappa shape index (κ2) is 11.3. The lowest BCUT2D eigenvalue weighted by Gasteiger charge is -2.39. The maximum atomic E-state index is 15.1. The van der Waals surface area contributed by atoms with Crippen LogP contribution < -0.4 is 4.74 Å². The average molecular weight is 547 g/mol. The first-order chi connectivity index (χ1) is 18.6. The van der Waals surface area contributed by atoms with E-state index in [0.29, 0.717) is 42.7 Å². The second-order valence-corrected chi connectivity index (χ2v) is 11.2. The van der Waals surface area contributed by atoms with Gasteiger partial charge in [-0.2, -0.15) is 8.78 Å². The van der Waals surface area contributed by atoms with Gasteiger partial charge in [0, 0.05) is 11.6 Å². The summed E-state index contributed by atoms with van der Waals surface area (Å²) >= 11 is 0. The van der Waals surface area contributed by atoms with Crippen LogP contribution in [0.5, 0.6) is 5.75 Å². The van der Waals surface area contributed by atoms with Crippen molar-refractivity contribution in [1.29, 1.82) is 0 Å².